The van der Waals surface area contributed by atoms with Gasteiger partial charge in [-0.15, -0.1) is 0 Å². The van der Waals surface area contributed by atoms with E-state index in [9.17, 15) is 0 Å². The fraction of sp³-hybridized carbons (Fsp3) is 0.268. The minimum atomic E-state index is -2.35. The van der Waals surface area contributed by atoms with E-state index in [1.165, 1.54) is 10.1 Å². The van der Waals surface area contributed by atoms with Gasteiger partial charge in [-0.25, -0.2) is 0 Å². The number of rotatable bonds is 3. The van der Waals surface area contributed by atoms with E-state index in [1.54, 1.807) is 17.0 Å². The molecule has 0 saturated carbocycles. The first-order chi connectivity index (χ1) is 24.8. The van der Waals surface area contributed by atoms with Crippen molar-refractivity contribution in [2.24, 2.45) is 6.98 Å². The molecule has 1 aliphatic heterocycles. The molecule has 0 fully saturated rings. The number of hydrogen-bond donors (Lipinski definition) is 0. The molecule has 0 spiro atoms. The average Bonchev–Trinajstić information content (AvgIpc) is 3.67. The van der Waals surface area contributed by atoms with Crippen LogP contribution in [0.1, 0.15) is 71.6 Å². The molecule has 0 N–H and O–H groups in total. The molecule has 0 bridgehead atoms. The van der Waals surface area contributed by atoms with Gasteiger partial charge in [0, 0.05) is 20.5 Å². The normalized spacial score (nSPS) is 21.4. The standard InChI is InChI=1S/C41H38N4O.Pt/c1-25-15-18-33-36-34(25)29-17-16-28(46-27-12-10-11-26(21-27)44-20-19-43(7)24-44)22-31(29)38-42-35-30-13-8-9-14-32(30)39(2,3)23-41(6,40(33,4)5)37(35)45(36)38;/h8-22H,23H2,1-7H3;/i1D3,7D3;. The van der Waals surface area contributed by atoms with Crippen LogP contribution in [-0.4, -0.2) is 18.5 Å². The second-order valence-electron chi connectivity index (χ2n) is 14.5. The zero-order valence-corrected chi connectivity index (χ0v) is 29.2. The summed E-state index contributed by atoms with van der Waals surface area (Å²) in [5.41, 5.74) is 7.40. The molecule has 1 unspecified atom stereocenters. The van der Waals surface area contributed by atoms with E-state index in [-0.39, 0.29) is 16.2 Å². The van der Waals surface area contributed by atoms with Crippen molar-refractivity contribution in [3.8, 4) is 28.4 Å². The van der Waals surface area contributed by atoms with Crippen LogP contribution >= 0.6 is 0 Å². The summed E-state index contributed by atoms with van der Waals surface area (Å²) in [7, 11) is 0. The topological polar surface area (TPSA) is 36.4 Å². The average molecular weight is 804 g/mol. The number of pyridine rings is 1. The largest absolute Gasteiger partial charge is 0.0619 e. The number of imidazole rings is 2. The Kier molecular flexibility index (Phi) is 4.66. The molecule has 7 aromatic rings. The van der Waals surface area contributed by atoms with Gasteiger partial charge in [0.25, 0.3) is 0 Å². The fourth-order valence-corrected chi connectivity index (χ4v) is 9.27. The maximum Gasteiger partial charge on any atom is 0.0205 e. The maximum absolute atomic E-state index is 8.67. The first-order valence-electron chi connectivity index (χ1n) is 18.9. The van der Waals surface area contributed by atoms with Crippen molar-refractivity contribution >= 4 is 27.3 Å². The first kappa shape index (κ1) is 23.2. The Morgan fingerprint density at radius 2 is 1.68 bits per heavy atom. The molecule has 2 aliphatic rings. The van der Waals surface area contributed by atoms with Gasteiger partial charge in [0.2, 0.25) is 0 Å². The van der Waals surface area contributed by atoms with Crippen molar-refractivity contribution in [2.75, 3.05) is 0 Å². The summed E-state index contributed by atoms with van der Waals surface area (Å²) in [6.07, 6.45) is 4.15. The summed E-state index contributed by atoms with van der Waals surface area (Å²) in [6.45, 7) is 6.98. The van der Waals surface area contributed by atoms with Crippen LogP contribution < -0.4 is 4.74 Å². The van der Waals surface area contributed by atoms with Gasteiger partial charge in [-0.3, -0.25) is 0 Å². The zero-order valence-electron chi connectivity index (χ0n) is 32.9. The van der Waals surface area contributed by atoms with Gasteiger partial charge in [-0.05, 0) is 29.8 Å². The predicted molar refractivity (Wildman–Crippen MR) is 186 cm³/mol. The summed E-state index contributed by atoms with van der Waals surface area (Å²) in [6, 6.07) is 25.8. The maximum atomic E-state index is 8.67. The molecular formula is C41H38N4OPt. The van der Waals surface area contributed by atoms with Crippen LogP contribution in [0.25, 0.3) is 44.3 Å². The number of fused-ring (bicyclic) bond motifs is 5. The molecule has 0 radical (unpaired) electrons. The van der Waals surface area contributed by atoms with Crippen LogP contribution in [0, 0.1) is 10.7 Å². The zero-order chi connectivity index (χ0) is 37.6. The Morgan fingerprint density at radius 3 is 2.49 bits per heavy atom. The third-order valence-electron chi connectivity index (χ3n) is 11.1. The van der Waals surface area contributed by atoms with Crippen molar-refractivity contribution in [1.29, 1.82) is 0 Å². The van der Waals surface area contributed by atoms with E-state index in [0.29, 0.717) is 20.9 Å². The summed E-state index contributed by atoms with van der Waals surface area (Å²) in [4.78, 5) is 5.53. The molecule has 0 amide bonds. The van der Waals surface area contributed by atoms with Crippen molar-refractivity contribution in [3.05, 3.63) is 117 Å². The van der Waals surface area contributed by atoms with E-state index in [4.69, 9.17) is 17.9 Å². The second-order valence-corrected chi connectivity index (χ2v) is 15.5. The van der Waals surface area contributed by atoms with E-state index >= 15 is 0 Å². The van der Waals surface area contributed by atoms with Gasteiger partial charge in [0.05, 0.1) is 0 Å². The van der Waals surface area contributed by atoms with Gasteiger partial charge < -0.3 is 0 Å². The second kappa shape index (κ2) is 9.45. The quantitative estimate of drug-likeness (QED) is 0.167. The Labute approximate surface area is 294 Å². The van der Waals surface area contributed by atoms with Crippen LogP contribution in [0.15, 0.2) is 91.3 Å². The molecule has 3 aromatic heterocycles. The number of benzene rings is 4. The Hall–Kier alpha value is -4.21. The smallest absolute Gasteiger partial charge is 0.0205 e. The molecule has 0 saturated heterocycles. The van der Waals surface area contributed by atoms with Crippen LogP contribution in [0.5, 0.6) is 11.5 Å². The van der Waals surface area contributed by atoms with Crippen molar-refractivity contribution in [3.63, 3.8) is 0 Å². The van der Waals surface area contributed by atoms with E-state index < -0.39 is 13.8 Å². The van der Waals surface area contributed by atoms with Crippen LogP contribution in [0.3, 0.4) is 0 Å². The molecule has 4 aromatic carbocycles. The minimum absolute atomic E-state index is 0.156. The van der Waals surface area contributed by atoms with Crippen LogP contribution in [0.4, 0.5) is 0 Å². The molecule has 9 rings (SSSR count). The molecule has 47 heavy (non-hydrogen) atoms. The molecule has 4 heterocycles. The minimum Gasteiger partial charge on any atom is -0.0619 e. The summed E-state index contributed by atoms with van der Waals surface area (Å²) in [5.74, 6) is 1.14. The third kappa shape index (κ3) is 3.75. The number of aryl methyl sites for hydroxylation is 2. The molecule has 6 heteroatoms. The van der Waals surface area contributed by atoms with E-state index in [0.717, 1.165) is 61.9 Å². The third-order valence-corrected chi connectivity index (χ3v) is 12.2. The van der Waals surface area contributed by atoms with Crippen molar-refractivity contribution in [1.82, 2.24) is 18.5 Å². The molecule has 1 atom stereocenters. The molecular weight excluding hydrogens is 760 g/mol. The first-order valence-corrected chi connectivity index (χ1v) is 17.1. The summed E-state index contributed by atoms with van der Waals surface area (Å²) in [5, 5.41) is 2.33. The van der Waals surface area contributed by atoms with Gasteiger partial charge >= 0.3 is 174 Å². The van der Waals surface area contributed by atoms with Crippen LogP contribution in [-0.2, 0) is 42.6 Å². The van der Waals surface area contributed by atoms with Gasteiger partial charge in [0.1, 0.15) is 0 Å². The Morgan fingerprint density at radius 1 is 0.851 bits per heavy atom. The predicted octanol–water partition coefficient (Wildman–Crippen LogP) is 9.85. The molecule has 238 valence electrons. The summed E-state index contributed by atoms with van der Waals surface area (Å²) < 4.78 is 62.0. The fourth-order valence-electron chi connectivity index (χ4n) is 8.64. The van der Waals surface area contributed by atoms with E-state index in [2.05, 4.69) is 63.3 Å². The number of aromatic nitrogens is 4. The Balaban J connectivity index is 1.32. The Bertz CT molecular complexity index is 2770. The number of nitrogens with zero attached hydrogens (tertiary/aromatic N) is 4. The van der Waals surface area contributed by atoms with Gasteiger partial charge in [-0.1, -0.05) is 71.0 Å². The van der Waals surface area contributed by atoms with Gasteiger partial charge in [0.15, 0.2) is 0 Å². The van der Waals surface area contributed by atoms with E-state index in [1.807, 2.05) is 74.0 Å². The van der Waals surface area contributed by atoms with Crippen LogP contribution in [0.2, 0.25) is 0 Å². The SMILES string of the molecule is [2H]C([2H])([2H])c1ccc2c3c1c1ccc(Oc4cccc(-n5ccn(C([2H])([2H])[2H])[c]5=[Pt])c4)cc1c1nc4c(n13)C(C)(CC(C)(C)c1ccccc1-4)C2(C)C. The van der Waals surface area contributed by atoms with Gasteiger partial charge in [-0.2, -0.15) is 0 Å². The summed E-state index contributed by atoms with van der Waals surface area (Å²) >= 11 is 2.02. The van der Waals surface area contributed by atoms with Crippen molar-refractivity contribution in [2.45, 2.75) is 64.1 Å². The monoisotopic (exact) mass is 803 g/mol. The molecule has 5 nitrogen and oxygen atoms in total. The molecule has 1 aliphatic carbocycles. The number of hydrogen-bond acceptors (Lipinski definition) is 2. The number of ether oxygens (including phenoxy) is 1. The van der Waals surface area contributed by atoms with Crippen molar-refractivity contribution < 1.29 is 32.3 Å².